The third-order valence-electron chi connectivity index (χ3n) is 4.72. The molecule has 2 N–H and O–H groups in total. The highest BCUT2D eigenvalue weighted by atomic mass is 79.9. The van der Waals surface area contributed by atoms with Crippen LogP contribution in [0.4, 0.5) is 5.69 Å². The number of hydrogen-bond acceptors (Lipinski definition) is 1. The maximum absolute atomic E-state index is 12.9. The second-order valence-corrected chi connectivity index (χ2v) is 7.10. The number of fused-ring (bicyclic) bond motifs is 1. The van der Waals surface area contributed by atoms with E-state index in [2.05, 4.69) is 32.3 Å². The summed E-state index contributed by atoms with van der Waals surface area (Å²) in [4.78, 5) is 16.2. The van der Waals surface area contributed by atoms with Gasteiger partial charge in [0.15, 0.2) is 0 Å². The molecule has 3 aromatic rings. The maximum Gasteiger partial charge on any atom is 0.235 e. The fourth-order valence-corrected chi connectivity index (χ4v) is 3.51. The molecular weight excluding hydrogens is 352 g/mol. The van der Waals surface area contributed by atoms with Crippen molar-refractivity contribution >= 4 is 38.4 Å². The normalized spacial score (nSPS) is 15.6. The zero-order valence-electron chi connectivity index (χ0n) is 12.8. The number of nitrogens with one attached hydrogen (secondary N) is 2. The fourth-order valence-electron chi connectivity index (χ4n) is 3.13. The van der Waals surface area contributed by atoms with Crippen molar-refractivity contribution in [3.05, 3.63) is 64.3 Å². The molecule has 1 saturated carbocycles. The average molecular weight is 369 g/mol. The number of hydrogen-bond donors (Lipinski definition) is 2. The molecule has 4 heteroatoms. The lowest BCUT2D eigenvalue weighted by atomic mass is 9.94. The Labute approximate surface area is 143 Å². The van der Waals surface area contributed by atoms with Gasteiger partial charge in [-0.05, 0) is 49.1 Å². The molecule has 0 spiro atoms. The van der Waals surface area contributed by atoms with Gasteiger partial charge in [0, 0.05) is 27.3 Å². The highest BCUT2D eigenvalue weighted by Gasteiger charge is 2.52. The molecule has 0 saturated heterocycles. The quantitative estimate of drug-likeness (QED) is 0.677. The van der Waals surface area contributed by atoms with Crippen molar-refractivity contribution < 1.29 is 4.79 Å². The lowest BCUT2D eigenvalue weighted by Crippen LogP contribution is -2.27. The van der Waals surface area contributed by atoms with E-state index in [1.807, 2.05) is 49.5 Å². The van der Waals surface area contributed by atoms with Crippen molar-refractivity contribution in [1.29, 1.82) is 0 Å². The third kappa shape index (κ3) is 2.38. The number of H-pyrrole nitrogens is 1. The average Bonchev–Trinajstić information content (AvgIpc) is 3.24. The van der Waals surface area contributed by atoms with Crippen LogP contribution >= 0.6 is 15.9 Å². The van der Waals surface area contributed by atoms with Crippen LogP contribution in [0.25, 0.3) is 10.9 Å². The lowest BCUT2D eigenvalue weighted by molar-refractivity contribution is -0.118. The second kappa shape index (κ2) is 5.24. The van der Waals surface area contributed by atoms with Gasteiger partial charge in [-0.1, -0.05) is 40.2 Å². The largest absolute Gasteiger partial charge is 0.361 e. The van der Waals surface area contributed by atoms with Crippen LogP contribution in [-0.2, 0) is 10.2 Å². The molecule has 4 rings (SSSR count). The van der Waals surface area contributed by atoms with Gasteiger partial charge in [0.1, 0.15) is 0 Å². The fraction of sp³-hybridized carbons (Fsp3) is 0.211. The molecule has 1 amide bonds. The Morgan fingerprint density at radius 1 is 1.22 bits per heavy atom. The summed E-state index contributed by atoms with van der Waals surface area (Å²) in [5.41, 5.74) is 3.78. The number of aromatic amines is 1. The van der Waals surface area contributed by atoms with Gasteiger partial charge < -0.3 is 10.3 Å². The number of benzene rings is 2. The summed E-state index contributed by atoms with van der Waals surface area (Å²) in [6.07, 6.45) is 3.78. The minimum absolute atomic E-state index is 0.0815. The van der Waals surface area contributed by atoms with Gasteiger partial charge in [0.2, 0.25) is 5.91 Å². The summed E-state index contributed by atoms with van der Waals surface area (Å²) in [7, 11) is 0. The molecule has 1 aromatic heterocycles. The van der Waals surface area contributed by atoms with Gasteiger partial charge in [-0.2, -0.15) is 0 Å². The Morgan fingerprint density at radius 2 is 2.00 bits per heavy atom. The summed E-state index contributed by atoms with van der Waals surface area (Å²) in [5, 5.41) is 4.23. The van der Waals surface area contributed by atoms with Gasteiger partial charge in [-0.25, -0.2) is 0 Å². The van der Waals surface area contributed by atoms with Crippen LogP contribution in [0.2, 0.25) is 0 Å². The Balaban J connectivity index is 1.66. The number of carbonyl (C=O) groups is 1. The van der Waals surface area contributed by atoms with Crippen LogP contribution in [0.5, 0.6) is 0 Å². The molecule has 1 aliphatic rings. The number of aryl methyl sites for hydroxylation is 1. The minimum Gasteiger partial charge on any atom is -0.361 e. The first-order valence-corrected chi connectivity index (χ1v) is 8.54. The summed E-state index contributed by atoms with van der Waals surface area (Å²) in [6, 6.07) is 14.1. The topological polar surface area (TPSA) is 44.9 Å². The number of anilines is 1. The first-order chi connectivity index (χ1) is 11.1. The molecule has 3 nitrogen and oxygen atoms in total. The minimum atomic E-state index is -0.392. The van der Waals surface area contributed by atoms with Crippen molar-refractivity contribution in [2.75, 3.05) is 5.32 Å². The maximum atomic E-state index is 12.9. The molecule has 1 fully saturated rings. The smallest absolute Gasteiger partial charge is 0.235 e. The molecule has 0 atom stereocenters. The standard InChI is InChI=1S/C19H17BrN2O/c1-12-6-7-13(10-16(12)20)22-18(23)19(8-9-19)15-11-21-17-5-3-2-4-14(15)17/h2-7,10-11,21H,8-9H2,1H3,(H,22,23). The summed E-state index contributed by atoms with van der Waals surface area (Å²) in [6.45, 7) is 2.03. The summed E-state index contributed by atoms with van der Waals surface area (Å²) in [5.74, 6) is 0.0815. The summed E-state index contributed by atoms with van der Waals surface area (Å²) >= 11 is 3.52. The molecule has 0 aliphatic heterocycles. The number of carbonyl (C=O) groups excluding carboxylic acids is 1. The number of rotatable bonds is 3. The third-order valence-corrected chi connectivity index (χ3v) is 5.57. The Kier molecular flexibility index (Phi) is 3.31. The molecule has 0 unspecified atom stereocenters. The van der Waals surface area contributed by atoms with E-state index in [1.165, 1.54) is 0 Å². The molecular formula is C19H17BrN2O. The zero-order chi connectivity index (χ0) is 16.0. The van der Waals surface area contributed by atoms with E-state index in [0.717, 1.165) is 45.0 Å². The van der Waals surface area contributed by atoms with E-state index in [9.17, 15) is 4.79 Å². The highest BCUT2D eigenvalue weighted by Crippen LogP contribution is 2.51. The number of halogens is 1. The van der Waals surface area contributed by atoms with Gasteiger partial charge >= 0.3 is 0 Å². The predicted octanol–water partition coefficient (Wildman–Crippen LogP) is 4.91. The van der Waals surface area contributed by atoms with Crippen LogP contribution in [0.1, 0.15) is 24.0 Å². The Hall–Kier alpha value is -2.07. The Morgan fingerprint density at radius 3 is 2.74 bits per heavy atom. The Bertz CT molecular complexity index is 909. The van der Waals surface area contributed by atoms with Crippen LogP contribution in [0.3, 0.4) is 0 Å². The molecule has 0 radical (unpaired) electrons. The van der Waals surface area contributed by atoms with E-state index >= 15 is 0 Å². The number of para-hydroxylation sites is 1. The molecule has 116 valence electrons. The molecule has 1 aliphatic carbocycles. The zero-order valence-corrected chi connectivity index (χ0v) is 14.4. The molecule has 2 aromatic carbocycles. The number of aromatic nitrogens is 1. The van der Waals surface area contributed by atoms with Crippen LogP contribution < -0.4 is 5.32 Å². The SMILES string of the molecule is Cc1ccc(NC(=O)C2(c3c[nH]c4ccccc34)CC2)cc1Br. The molecule has 1 heterocycles. The van der Waals surface area contributed by atoms with E-state index in [1.54, 1.807) is 0 Å². The van der Waals surface area contributed by atoms with Crippen molar-refractivity contribution in [2.24, 2.45) is 0 Å². The summed E-state index contributed by atoms with van der Waals surface area (Å²) < 4.78 is 1.01. The van der Waals surface area contributed by atoms with Crippen molar-refractivity contribution in [3.63, 3.8) is 0 Å². The van der Waals surface area contributed by atoms with Crippen molar-refractivity contribution in [3.8, 4) is 0 Å². The predicted molar refractivity (Wildman–Crippen MR) is 96.7 cm³/mol. The second-order valence-electron chi connectivity index (χ2n) is 6.25. The van der Waals surface area contributed by atoms with Crippen molar-refractivity contribution in [2.45, 2.75) is 25.2 Å². The first kappa shape index (κ1) is 14.5. The number of amides is 1. The van der Waals surface area contributed by atoms with Crippen LogP contribution in [-0.4, -0.2) is 10.9 Å². The highest BCUT2D eigenvalue weighted by molar-refractivity contribution is 9.10. The van der Waals surface area contributed by atoms with Gasteiger partial charge in [0.05, 0.1) is 5.41 Å². The van der Waals surface area contributed by atoms with E-state index in [4.69, 9.17) is 0 Å². The van der Waals surface area contributed by atoms with E-state index < -0.39 is 5.41 Å². The molecule has 23 heavy (non-hydrogen) atoms. The van der Waals surface area contributed by atoms with Crippen LogP contribution in [0, 0.1) is 6.92 Å². The first-order valence-electron chi connectivity index (χ1n) is 7.74. The van der Waals surface area contributed by atoms with Gasteiger partial charge in [-0.3, -0.25) is 4.79 Å². The van der Waals surface area contributed by atoms with E-state index in [0.29, 0.717) is 0 Å². The molecule has 0 bridgehead atoms. The van der Waals surface area contributed by atoms with Gasteiger partial charge in [-0.15, -0.1) is 0 Å². The van der Waals surface area contributed by atoms with Crippen LogP contribution in [0.15, 0.2) is 53.1 Å². The monoisotopic (exact) mass is 368 g/mol. The van der Waals surface area contributed by atoms with Gasteiger partial charge in [0.25, 0.3) is 0 Å². The van der Waals surface area contributed by atoms with E-state index in [-0.39, 0.29) is 5.91 Å². The van der Waals surface area contributed by atoms with Crippen molar-refractivity contribution in [1.82, 2.24) is 4.98 Å². The lowest BCUT2D eigenvalue weighted by Gasteiger charge is -2.15.